The van der Waals surface area contributed by atoms with Gasteiger partial charge in [0.1, 0.15) is 0 Å². The summed E-state index contributed by atoms with van der Waals surface area (Å²) in [6, 6.07) is 2.93. The third-order valence-electron chi connectivity index (χ3n) is 4.14. The molecule has 0 unspecified atom stereocenters. The Morgan fingerprint density at radius 2 is 2.06 bits per heavy atom. The van der Waals surface area contributed by atoms with Crippen molar-refractivity contribution in [1.82, 2.24) is 10.2 Å². The summed E-state index contributed by atoms with van der Waals surface area (Å²) in [5.41, 5.74) is 1.52. The molecule has 0 amide bonds. The molecule has 3 heterocycles. The molecule has 2 fully saturated rings. The number of hydrogen-bond donors (Lipinski definition) is 1. The zero-order valence-electron chi connectivity index (χ0n) is 10.8. The predicted octanol–water partition coefficient (Wildman–Crippen LogP) is 2.12. The second-order valence-corrected chi connectivity index (χ2v) is 6.02. The summed E-state index contributed by atoms with van der Waals surface area (Å²) in [6.07, 6.45) is 2.43. The molecule has 1 atom stereocenters. The Morgan fingerprint density at radius 1 is 1.28 bits per heavy atom. The molecule has 100 valence electrons. The van der Waals surface area contributed by atoms with E-state index in [2.05, 4.69) is 27.0 Å². The van der Waals surface area contributed by atoms with E-state index in [4.69, 9.17) is 4.74 Å². The van der Waals surface area contributed by atoms with Crippen LogP contribution in [0.2, 0.25) is 0 Å². The van der Waals surface area contributed by atoms with E-state index in [1.807, 2.05) is 11.3 Å². The number of hydrogen-bond acceptors (Lipinski definition) is 4. The standard InChI is InChI=1S/C14H22N2OS/c1-8-17-9-2-12(1)14(13-3-10-18-11-13)16-6-4-15-5-7-16/h3,10-12,14-15H,1-2,4-9H2/t14-/m1/s1. The van der Waals surface area contributed by atoms with Crippen molar-refractivity contribution in [2.24, 2.45) is 5.92 Å². The molecule has 1 N–H and O–H groups in total. The van der Waals surface area contributed by atoms with Gasteiger partial charge in [-0.25, -0.2) is 0 Å². The van der Waals surface area contributed by atoms with Crippen LogP contribution >= 0.6 is 11.3 Å². The number of ether oxygens (including phenoxy) is 1. The molecular weight excluding hydrogens is 244 g/mol. The zero-order chi connectivity index (χ0) is 12.2. The van der Waals surface area contributed by atoms with Gasteiger partial charge in [-0.15, -0.1) is 0 Å². The maximum absolute atomic E-state index is 5.53. The first kappa shape index (κ1) is 12.6. The number of rotatable bonds is 3. The van der Waals surface area contributed by atoms with Crippen LogP contribution in [0.4, 0.5) is 0 Å². The topological polar surface area (TPSA) is 24.5 Å². The van der Waals surface area contributed by atoms with Crippen molar-refractivity contribution in [3.05, 3.63) is 22.4 Å². The van der Waals surface area contributed by atoms with Gasteiger partial charge in [-0.3, -0.25) is 4.90 Å². The number of nitrogens with one attached hydrogen (secondary N) is 1. The van der Waals surface area contributed by atoms with Crippen LogP contribution < -0.4 is 5.32 Å². The molecule has 0 aromatic carbocycles. The SMILES string of the molecule is c1cc([C@@H](C2CCOCC2)N2CCNCC2)cs1. The van der Waals surface area contributed by atoms with E-state index < -0.39 is 0 Å². The first-order chi connectivity index (χ1) is 8.95. The second-order valence-electron chi connectivity index (χ2n) is 5.24. The highest BCUT2D eigenvalue weighted by Gasteiger charge is 2.31. The summed E-state index contributed by atoms with van der Waals surface area (Å²) in [4.78, 5) is 2.68. The van der Waals surface area contributed by atoms with Crippen LogP contribution in [0.5, 0.6) is 0 Å². The fourth-order valence-electron chi connectivity index (χ4n) is 3.22. The van der Waals surface area contributed by atoms with E-state index in [1.54, 1.807) is 0 Å². The molecule has 0 bridgehead atoms. The van der Waals surface area contributed by atoms with Crippen molar-refractivity contribution in [1.29, 1.82) is 0 Å². The smallest absolute Gasteiger partial charge is 0.0469 e. The van der Waals surface area contributed by atoms with Gasteiger partial charge in [0.2, 0.25) is 0 Å². The van der Waals surface area contributed by atoms with Crippen LogP contribution in [0.15, 0.2) is 16.8 Å². The Labute approximate surface area is 113 Å². The van der Waals surface area contributed by atoms with E-state index in [-0.39, 0.29) is 0 Å². The third-order valence-corrected chi connectivity index (χ3v) is 4.84. The average Bonchev–Trinajstić information content (AvgIpc) is 2.95. The fraction of sp³-hybridized carbons (Fsp3) is 0.714. The van der Waals surface area contributed by atoms with Gasteiger partial charge in [0.05, 0.1) is 0 Å². The molecule has 1 aromatic heterocycles. The van der Waals surface area contributed by atoms with Crippen LogP contribution in [-0.4, -0.2) is 44.3 Å². The molecule has 3 rings (SSSR count). The van der Waals surface area contributed by atoms with E-state index in [0.29, 0.717) is 6.04 Å². The molecule has 2 saturated heterocycles. The van der Waals surface area contributed by atoms with E-state index in [0.717, 1.165) is 32.2 Å². The molecule has 0 aliphatic carbocycles. The van der Waals surface area contributed by atoms with Gasteiger partial charge in [-0.2, -0.15) is 11.3 Å². The average molecular weight is 266 g/mol. The highest BCUT2D eigenvalue weighted by molar-refractivity contribution is 7.07. The number of nitrogens with zero attached hydrogens (tertiary/aromatic N) is 1. The summed E-state index contributed by atoms with van der Waals surface area (Å²) < 4.78 is 5.53. The summed E-state index contributed by atoms with van der Waals surface area (Å²) in [5, 5.41) is 8.00. The maximum Gasteiger partial charge on any atom is 0.0469 e. The molecule has 4 heteroatoms. The van der Waals surface area contributed by atoms with Gasteiger partial charge in [0.25, 0.3) is 0 Å². The number of piperazine rings is 1. The second kappa shape index (κ2) is 6.15. The van der Waals surface area contributed by atoms with E-state index >= 15 is 0 Å². The van der Waals surface area contributed by atoms with Crippen LogP contribution in [0.1, 0.15) is 24.4 Å². The Kier molecular flexibility index (Phi) is 4.31. The Balaban J connectivity index is 1.78. The van der Waals surface area contributed by atoms with Crippen LogP contribution in [0.3, 0.4) is 0 Å². The van der Waals surface area contributed by atoms with Crippen LogP contribution in [0.25, 0.3) is 0 Å². The van der Waals surface area contributed by atoms with Gasteiger partial charge in [-0.05, 0) is 41.1 Å². The summed E-state index contributed by atoms with van der Waals surface area (Å²) in [6.45, 7) is 6.50. The third kappa shape index (κ3) is 2.77. The molecule has 0 spiro atoms. The molecule has 3 nitrogen and oxygen atoms in total. The largest absolute Gasteiger partial charge is 0.381 e. The summed E-state index contributed by atoms with van der Waals surface area (Å²) >= 11 is 1.82. The monoisotopic (exact) mass is 266 g/mol. The van der Waals surface area contributed by atoms with Gasteiger partial charge < -0.3 is 10.1 Å². The summed E-state index contributed by atoms with van der Waals surface area (Å²) in [7, 11) is 0. The molecule has 0 radical (unpaired) electrons. The predicted molar refractivity (Wildman–Crippen MR) is 75.0 cm³/mol. The lowest BCUT2D eigenvalue weighted by Gasteiger charge is -2.40. The maximum atomic E-state index is 5.53. The Morgan fingerprint density at radius 3 is 2.72 bits per heavy atom. The first-order valence-electron chi connectivity index (χ1n) is 7.00. The molecule has 0 saturated carbocycles. The van der Waals surface area contributed by atoms with Gasteiger partial charge >= 0.3 is 0 Å². The van der Waals surface area contributed by atoms with Gasteiger partial charge in [-0.1, -0.05) is 0 Å². The minimum Gasteiger partial charge on any atom is -0.381 e. The highest BCUT2D eigenvalue weighted by Crippen LogP contribution is 2.36. The van der Waals surface area contributed by atoms with Crippen molar-refractivity contribution in [3.8, 4) is 0 Å². The zero-order valence-corrected chi connectivity index (χ0v) is 11.6. The van der Waals surface area contributed by atoms with Crippen LogP contribution in [-0.2, 0) is 4.74 Å². The first-order valence-corrected chi connectivity index (χ1v) is 7.94. The Hall–Kier alpha value is -0.420. The summed E-state index contributed by atoms with van der Waals surface area (Å²) in [5.74, 6) is 0.770. The molecule has 2 aliphatic heterocycles. The molecule has 2 aliphatic rings. The van der Waals surface area contributed by atoms with Crippen molar-refractivity contribution in [3.63, 3.8) is 0 Å². The number of thiophene rings is 1. The van der Waals surface area contributed by atoms with E-state index in [1.165, 1.54) is 31.5 Å². The van der Waals surface area contributed by atoms with Gasteiger partial charge in [0.15, 0.2) is 0 Å². The lowest BCUT2D eigenvalue weighted by atomic mass is 9.87. The lowest BCUT2D eigenvalue weighted by molar-refractivity contribution is 0.0214. The molecular formula is C14H22N2OS. The Bertz CT molecular complexity index is 325. The van der Waals surface area contributed by atoms with Crippen LogP contribution in [0, 0.1) is 5.92 Å². The minimum atomic E-state index is 0.613. The quantitative estimate of drug-likeness (QED) is 0.907. The fourth-order valence-corrected chi connectivity index (χ4v) is 3.91. The molecule has 1 aromatic rings. The lowest BCUT2D eigenvalue weighted by Crippen LogP contribution is -2.47. The van der Waals surface area contributed by atoms with Crippen molar-refractivity contribution < 1.29 is 4.74 Å². The van der Waals surface area contributed by atoms with Crippen molar-refractivity contribution in [2.75, 3.05) is 39.4 Å². The van der Waals surface area contributed by atoms with E-state index in [9.17, 15) is 0 Å². The highest BCUT2D eigenvalue weighted by atomic mass is 32.1. The molecule has 18 heavy (non-hydrogen) atoms. The van der Waals surface area contributed by atoms with Crippen molar-refractivity contribution in [2.45, 2.75) is 18.9 Å². The van der Waals surface area contributed by atoms with Crippen molar-refractivity contribution >= 4 is 11.3 Å². The normalized spacial score (nSPS) is 25.1. The van der Waals surface area contributed by atoms with Gasteiger partial charge in [0, 0.05) is 45.4 Å². The minimum absolute atomic E-state index is 0.613.